The van der Waals surface area contributed by atoms with Gasteiger partial charge in [0.15, 0.2) is 0 Å². The molecule has 2 aliphatic rings. The predicted molar refractivity (Wildman–Crippen MR) is 60.1 cm³/mol. The van der Waals surface area contributed by atoms with Gasteiger partial charge < -0.3 is 14.7 Å². The van der Waals surface area contributed by atoms with E-state index in [0.29, 0.717) is 13.1 Å². The number of hydrogen-bond donors (Lipinski definition) is 1. The maximum absolute atomic E-state index is 11.8. The van der Waals surface area contributed by atoms with Crippen LogP contribution < -0.4 is 0 Å². The van der Waals surface area contributed by atoms with Crippen molar-refractivity contribution in [2.45, 2.75) is 51.7 Å². The molecule has 1 heterocycles. The van der Waals surface area contributed by atoms with Gasteiger partial charge >= 0.3 is 6.09 Å². The van der Waals surface area contributed by atoms with Crippen molar-refractivity contribution in [2.24, 2.45) is 5.41 Å². The monoisotopic (exact) mass is 227 g/mol. The van der Waals surface area contributed by atoms with Crippen LogP contribution in [0.1, 0.15) is 40.0 Å². The van der Waals surface area contributed by atoms with E-state index >= 15 is 0 Å². The lowest BCUT2D eigenvalue weighted by molar-refractivity contribution is 0.00652. The number of carbonyl (C=O) groups excluding carboxylic acids is 1. The van der Waals surface area contributed by atoms with Crippen LogP contribution in [-0.4, -0.2) is 40.9 Å². The number of amides is 1. The summed E-state index contributed by atoms with van der Waals surface area (Å²) in [5.74, 6) is 0. The van der Waals surface area contributed by atoms with E-state index in [-0.39, 0.29) is 17.6 Å². The summed E-state index contributed by atoms with van der Waals surface area (Å²) in [4.78, 5) is 13.5. The minimum atomic E-state index is -0.461. The zero-order valence-electron chi connectivity index (χ0n) is 10.3. The molecule has 1 saturated carbocycles. The molecule has 4 heteroatoms. The fraction of sp³-hybridized carbons (Fsp3) is 0.917. The van der Waals surface area contributed by atoms with Gasteiger partial charge in [0.2, 0.25) is 0 Å². The van der Waals surface area contributed by atoms with Crippen LogP contribution in [-0.2, 0) is 4.74 Å². The number of ether oxygens (including phenoxy) is 1. The van der Waals surface area contributed by atoms with Gasteiger partial charge in [-0.3, -0.25) is 0 Å². The largest absolute Gasteiger partial charge is 0.444 e. The maximum Gasteiger partial charge on any atom is 0.410 e. The molecular formula is C12H21NO3. The second-order valence-corrected chi connectivity index (χ2v) is 6.09. The molecule has 0 bridgehead atoms. The molecule has 0 aromatic carbocycles. The van der Waals surface area contributed by atoms with Crippen molar-refractivity contribution in [3.63, 3.8) is 0 Å². The van der Waals surface area contributed by atoms with Gasteiger partial charge in [0, 0.05) is 12.0 Å². The minimum absolute atomic E-state index is 0.0170. The first-order valence-electron chi connectivity index (χ1n) is 5.98. The van der Waals surface area contributed by atoms with Crippen LogP contribution in [0.5, 0.6) is 0 Å². The molecule has 1 N–H and O–H groups in total. The third kappa shape index (κ3) is 2.03. The summed E-state index contributed by atoms with van der Waals surface area (Å²) in [6, 6.07) is 0. The van der Waals surface area contributed by atoms with Gasteiger partial charge in [-0.1, -0.05) is 6.42 Å². The maximum atomic E-state index is 11.8. The van der Waals surface area contributed by atoms with Crippen LogP contribution in [0.2, 0.25) is 0 Å². The van der Waals surface area contributed by atoms with E-state index in [1.807, 2.05) is 20.8 Å². The molecule has 1 unspecified atom stereocenters. The Kier molecular flexibility index (Phi) is 2.65. The number of nitrogens with zero attached hydrogens (tertiary/aromatic N) is 1. The van der Waals surface area contributed by atoms with Gasteiger partial charge in [0.25, 0.3) is 0 Å². The average Bonchev–Trinajstić information content (AvgIpc) is 2.39. The first-order chi connectivity index (χ1) is 7.32. The fourth-order valence-electron chi connectivity index (χ4n) is 2.54. The number of rotatable bonds is 0. The molecule has 16 heavy (non-hydrogen) atoms. The van der Waals surface area contributed by atoms with Crippen LogP contribution in [0, 0.1) is 5.41 Å². The van der Waals surface area contributed by atoms with Gasteiger partial charge in [-0.2, -0.15) is 0 Å². The van der Waals surface area contributed by atoms with E-state index in [2.05, 4.69) is 0 Å². The van der Waals surface area contributed by atoms with Gasteiger partial charge in [-0.25, -0.2) is 4.79 Å². The van der Waals surface area contributed by atoms with Crippen LogP contribution in [0.4, 0.5) is 4.79 Å². The Balaban J connectivity index is 1.95. The first kappa shape index (κ1) is 11.7. The van der Waals surface area contributed by atoms with Gasteiger partial charge in [-0.05, 0) is 33.6 Å². The molecule has 0 aromatic heterocycles. The van der Waals surface area contributed by atoms with Crippen molar-refractivity contribution in [1.82, 2.24) is 4.90 Å². The molecule has 1 spiro atoms. The molecule has 0 radical (unpaired) electrons. The van der Waals surface area contributed by atoms with E-state index in [9.17, 15) is 9.90 Å². The van der Waals surface area contributed by atoms with E-state index in [1.165, 1.54) is 6.42 Å². The third-order valence-electron chi connectivity index (χ3n) is 3.61. The van der Waals surface area contributed by atoms with Crippen molar-refractivity contribution in [1.29, 1.82) is 0 Å². The van der Waals surface area contributed by atoms with Crippen molar-refractivity contribution in [3.8, 4) is 0 Å². The summed E-state index contributed by atoms with van der Waals surface area (Å²) in [6.07, 6.45) is 2.57. The van der Waals surface area contributed by atoms with E-state index in [1.54, 1.807) is 4.90 Å². The molecule has 92 valence electrons. The Morgan fingerprint density at radius 1 is 1.44 bits per heavy atom. The highest BCUT2D eigenvalue weighted by molar-refractivity contribution is 5.68. The molecular weight excluding hydrogens is 206 g/mol. The number of hydrogen-bond acceptors (Lipinski definition) is 3. The Labute approximate surface area is 96.6 Å². The summed E-state index contributed by atoms with van der Waals surface area (Å²) in [7, 11) is 0. The lowest BCUT2D eigenvalue weighted by Crippen LogP contribution is -2.41. The number of aliphatic hydroxyl groups is 1. The van der Waals surface area contributed by atoms with Crippen molar-refractivity contribution < 1.29 is 14.6 Å². The summed E-state index contributed by atoms with van der Waals surface area (Å²) < 4.78 is 5.31. The summed E-state index contributed by atoms with van der Waals surface area (Å²) >= 11 is 0. The summed E-state index contributed by atoms with van der Waals surface area (Å²) in [5, 5.41) is 9.97. The lowest BCUT2D eigenvalue weighted by atomic mass is 9.67. The van der Waals surface area contributed by atoms with E-state index in [0.717, 1.165) is 12.8 Å². The highest BCUT2D eigenvalue weighted by atomic mass is 16.6. The van der Waals surface area contributed by atoms with Crippen LogP contribution in [0.15, 0.2) is 0 Å². The van der Waals surface area contributed by atoms with Gasteiger partial charge in [0.05, 0.1) is 12.6 Å². The second-order valence-electron chi connectivity index (χ2n) is 6.09. The number of likely N-dealkylation sites (tertiary alicyclic amines) is 1. The Bertz CT molecular complexity index is 291. The topological polar surface area (TPSA) is 49.8 Å². The number of aliphatic hydroxyl groups excluding tert-OH is 1. The molecule has 0 aromatic rings. The molecule has 1 atom stereocenters. The number of carbonyl (C=O) groups is 1. The standard InChI is InChI=1S/C12H21NO3/c1-11(2,3)16-10(15)13-7-9(14)12(8-13)5-4-6-12/h9,14H,4-8H2,1-3H3. The Hall–Kier alpha value is -0.770. The van der Waals surface area contributed by atoms with Gasteiger partial charge in [0.1, 0.15) is 5.60 Å². The third-order valence-corrected chi connectivity index (χ3v) is 3.61. The molecule has 2 fully saturated rings. The molecule has 4 nitrogen and oxygen atoms in total. The molecule has 1 aliphatic carbocycles. The van der Waals surface area contributed by atoms with Gasteiger partial charge in [-0.15, -0.1) is 0 Å². The molecule has 1 amide bonds. The fourth-order valence-corrected chi connectivity index (χ4v) is 2.54. The van der Waals surface area contributed by atoms with E-state index in [4.69, 9.17) is 4.74 Å². The Morgan fingerprint density at radius 2 is 2.06 bits per heavy atom. The summed E-state index contributed by atoms with van der Waals surface area (Å²) in [5.41, 5.74) is -0.478. The Morgan fingerprint density at radius 3 is 2.44 bits per heavy atom. The molecule has 1 aliphatic heterocycles. The smallest absolute Gasteiger partial charge is 0.410 e. The SMILES string of the molecule is CC(C)(C)OC(=O)N1CC(O)C2(CCC2)C1. The molecule has 2 rings (SSSR count). The van der Waals surface area contributed by atoms with Crippen molar-refractivity contribution in [2.75, 3.05) is 13.1 Å². The van der Waals surface area contributed by atoms with Crippen LogP contribution >= 0.6 is 0 Å². The van der Waals surface area contributed by atoms with E-state index < -0.39 is 5.60 Å². The highest BCUT2D eigenvalue weighted by Gasteiger charge is 2.51. The summed E-state index contributed by atoms with van der Waals surface area (Å²) in [6.45, 7) is 6.65. The normalized spacial score (nSPS) is 28.0. The lowest BCUT2D eigenvalue weighted by Gasteiger charge is -2.40. The van der Waals surface area contributed by atoms with Crippen LogP contribution in [0.25, 0.3) is 0 Å². The quantitative estimate of drug-likeness (QED) is 0.686. The van der Waals surface area contributed by atoms with Crippen molar-refractivity contribution >= 4 is 6.09 Å². The first-order valence-corrected chi connectivity index (χ1v) is 5.98. The zero-order valence-corrected chi connectivity index (χ0v) is 10.3. The second kappa shape index (κ2) is 3.62. The number of β-amino-alcohol motifs (C(OH)–C–C–N with tert-alkyl or cyclic N) is 1. The average molecular weight is 227 g/mol. The molecule has 1 saturated heterocycles. The predicted octanol–water partition coefficient (Wildman–Crippen LogP) is 1.77. The highest BCUT2D eigenvalue weighted by Crippen LogP contribution is 2.48. The van der Waals surface area contributed by atoms with Crippen molar-refractivity contribution in [3.05, 3.63) is 0 Å². The zero-order chi connectivity index (χ0) is 12.0. The minimum Gasteiger partial charge on any atom is -0.444 e. The van der Waals surface area contributed by atoms with Crippen LogP contribution in [0.3, 0.4) is 0 Å².